The zero-order valence-corrected chi connectivity index (χ0v) is 12.7. The Morgan fingerprint density at radius 1 is 1.32 bits per heavy atom. The maximum absolute atomic E-state index is 11.0. The van der Waals surface area contributed by atoms with E-state index in [1.54, 1.807) is 0 Å². The number of carbonyl (C=O) groups excluding carboxylic acids is 1. The van der Waals surface area contributed by atoms with E-state index < -0.39 is 12.0 Å². The summed E-state index contributed by atoms with van der Waals surface area (Å²) in [4.78, 5) is 22.0. The monoisotopic (exact) mass is 328 g/mol. The largest absolute Gasteiger partial charge is 0.480 e. The van der Waals surface area contributed by atoms with Gasteiger partial charge in [-0.1, -0.05) is 15.9 Å². The SMILES string of the molecule is CC(=O)NC(CNc1c(C)cc(Br)cc1C)C(=O)O. The van der Waals surface area contributed by atoms with Gasteiger partial charge in [-0.15, -0.1) is 0 Å². The molecular weight excluding hydrogens is 312 g/mol. The molecule has 1 unspecified atom stereocenters. The maximum Gasteiger partial charge on any atom is 0.328 e. The lowest BCUT2D eigenvalue weighted by Crippen LogP contribution is -2.44. The van der Waals surface area contributed by atoms with Crippen LogP contribution in [0.3, 0.4) is 0 Å². The van der Waals surface area contributed by atoms with E-state index in [4.69, 9.17) is 5.11 Å². The highest BCUT2D eigenvalue weighted by Gasteiger charge is 2.18. The second-order valence-corrected chi connectivity index (χ2v) is 5.30. The quantitative estimate of drug-likeness (QED) is 0.773. The number of halogens is 1. The Morgan fingerprint density at radius 2 is 1.84 bits per heavy atom. The third-order valence-corrected chi connectivity index (χ3v) is 3.11. The number of hydrogen-bond acceptors (Lipinski definition) is 3. The number of benzene rings is 1. The summed E-state index contributed by atoms with van der Waals surface area (Å²) in [6.45, 7) is 5.31. The van der Waals surface area contributed by atoms with Crippen molar-refractivity contribution in [3.63, 3.8) is 0 Å². The molecule has 1 aromatic rings. The molecule has 0 aliphatic heterocycles. The fraction of sp³-hybridized carbons (Fsp3) is 0.385. The van der Waals surface area contributed by atoms with Crippen molar-refractivity contribution in [3.8, 4) is 0 Å². The van der Waals surface area contributed by atoms with Crippen molar-refractivity contribution < 1.29 is 14.7 Å². The third-order valence-electron chi connectivity index (χ3n) is 2.66. The predicted molar refractivity (Wildman–Crippen MR) is 77.3 cm³/mol. The van der Waals surface area contributed by atoms with Crippen LogP contribution in [0.4, 0.5) is 5.69 Å². The average Bonchev–Trinajstić information content (AvgIpc) is 2.25. The molecule has 0 aliphatic rings. The van der Waals surface area contributed by atoms with Gasteiger partial charge in [0.15, 0.2) is 0 Å². The number of carboxylic acid groups (broad SMARTS) is 1. The van der Waals surface area contributed by atoms with Crippen LogP contribution < -0.4 is 10.6 Å². The summed E-state index contributed by atoms with van der Waals surface area (Å²) in [7, 11) is 0. The molecule has 0 aliphatic carbocycles. The van der Waals surface area contributed by atoms with Gasteiger partial charge in [-0.05, 0) is 37.1 Å². The average molecular weight is 329 g/mol. The van der Waals surface area contributed by atoms with Crippen LogP contribution in [0.25, 0.3) is 0 Å². The number of rotatable bonds is 5. The number of hydrogen-bond donors (Lipinski definition) is 3. The molecule has 0 fully saturated rings. The van der Waals surface area contributed by atoms with Crippen LogP contribution >= 0.6 is 15.9 Å². The highest BCUT2D eigenvalue weighted by molar-refractivity contribution is 9.10. The van der Waals surface area contributed by atoms with Crippen LogP contribution in [0.1, 0.15) is 18.1 Å². The van der Waals surface area contributed by atoms with Crippen molar-refractivity contribution in [1.82, 2.24) is 5.32 Å². The fourth-order valence-electron chi connectivity index (χ4n) is 1.84. The first kappa shape index (κ1) is 15.5. The van der Waals surface area contributed by atoms with Crippen LogP contribution in [-0.4, -0.2) is 29.6 Å². The van der Waals surface area contributed by atoms with Gasteiger partial charge in [-0.3, -0.25) is 4.79 Å². The van der Waals surface area contributed by atoms with Crippen LogP contribution in [-0.2, 0) is 9.59 Å². The van der Waals surface area contributed by atoms with Crippen molar-refractivity contribution >= 4 is 33.5 Å². The first-order chi connectivity index (χ1) is 8.81. The summed E-state index contributed by atoms with van der Waals surface area (Å²) in [5, 5.41) is 14.5. The number of aryl methyl sites for hydroxylation is 2. The third kappa shape index (κ3) is 4.55. The van der Waals surface area contributed by atoms with Gasteiger partial charge in [0.1, 0.15) is 6.04 Å². The lowest BCUT2D eigenvalue weighted by Gasteiger charge is -2.18. The molecule has 104 valence electrons. The predicted octanol–water partition coefficient (Wildman–Crippen LogP) is 2.07. The minimum Gasteiger partial charge on any atom is -0.480 e. The lowest BCUT2D eigenvalue weighted by atomic mass is 10.1. The molecule has 0 aromatic heterocycles. The molecule has 0 spiro atoms. The molecule has 1 amide bonds. The summed E-state index contributed by atoms with van der Waals surface area (Å²) < 4.78 is 0.977. The Kier molecular flexibility index (Phi) is 5.35. The molecule has 3 N–H and O–H groups in total. The van der Waals surface area contributed by atoms with E-state index in [2.05, 4.69) is 26.6 Å². The highest BCUT2D eigenvalue weighted by atomic mass is 79.9. The Balaban J connectivity index is 2.80. The second-order valence-electron chi connectivity index (χ2n) is 4.39. The van der Waals surface area contributed by atoms with Crippen molar-refractivity contribution in [3.05, 3.63) is 27.7 Å². The molecule has 0 saturated carbocycles. The minimum atomic E-state index is -1.06. The molecule has 5 nitrogen and oxygen atoms in total. The first-order valence-corrected chi connectivity index (χ1v) is 6.61. The summed E-state index contributed by atoms with van der Waals surface area (Å²) in [6.07, 6.45) is 0. The smallest absolute Gasteiger partial charge is 0.328 e. The standard InChI is InChI=1S/C13H17BrN2O3/c1-7-4-10(14)5-8(2)12(7)15-6-11(13(18)19)16-9(3)17/h4-5,11,15H,6H2,1-3H3,(H,16,17)(H,18,19). The number of aliphatic carboxylic acids is 1. The van der Waals surface area contributed by atoms with Gasteiger partial charge in [0, 0.05) is 23.6 Å². The van der Waals surface area contributed by atoms with Gasteiger partial charge < -0.3 is 15.7 Å². The summed E-state index contributed by atoms with van der Waals surface area (Å²) in [5.41, 5.74) is 2.91. The van der Waals surface area contributed by atoms with Gasteiger partial charge in [0.25, 0.3) is 0 Å². The van der Waals surface area contributed by atoms with Crippen LogP contribution in [0.2, 0.25) is 0 Å². The molecule has 1 aromatic carbocycles. The molecular formula is C13H17BrN2O3. The van der Waals surface area contributed by atoms with E-state index in [-0.39, 0.29) is 12.5 Å². The Labute approximate surface area is 120 Å². The number of amides is 1. The minimum absolute atomic E-state index is 0.137. The highest BCUT2D eigenvalue weighted by Crippen LogP contribution is 2.24. The molecule has 0 saturated heterocycles. The Hall–Kier alpha value is -1.56. The number of carbonyl (C=O) groups is 2. The van der Waals surface area contributed by atoms with E-state index in [1.165, 1.54) is 6.92 Å². The molecule has 0 radical (unpaired) electrons. The molecule has 19 heavy (non-hydrogen) atoms. The van der Waals surface area contributed by atoms with Gasteiger partial charge in [0.2, 0.25) is 5.91 Å². The van der Waals surface area contributed by atoms with E-state index >= 15 is 0 Å². The van der Waals surface area contributed by atoms with E-state index in [9.17, 15) is 9.59 Å². The van der Waals surface area contributed by atoms with Crippen molar-refractivity contribution in [1.29, 1.82) is 0 Å². The van der Waals surface area contributed by atoms with Gasteiger partial charge >= 0.3 is 5.97 Å². The van der Waals surface area contributed by atoms with Crippen LogP contribution in [0.5, 0.6) is 0 Å². The zero-order valence-electron chi connectivity index (χ0n) is 11.1. The van der Waals surface area contributed by atoms with E-state index in [0.717, 1.165) is 21.3 Å². The van der Waals surface area contributed by atoms with Crippen molar-refractivity contribution in [2.45, 2.75) is 26.8 Å². The Morgan fingerprint density at radius 3 is 2.26 bits per heavy atom. The zero-order chi connectivity index (χ0) is 14.6. The van der Waals surface area contributed by atoms with Crippen LogP contribution in [0.15, 0.2) is 16.6 Å². The van der Waals surface area contributed by atoms with Gasteiger partial charge in [-0.2, -0.15) is 0 Å². The molecule has 6 heteroatoms. The molecule has 1 rings (SSSR count). The van der Waals surface area contributed by atoms with Gasteiger partial charge in [-0.25, -0.2) is 4.79 Å². The van der Waals surface area contributed by atoms with E-state index in [0.29, 0.717) is 0 Å². The number of nitrogens with one attached hydrogen (secondary N) is 2. The molecule has 0 bridgehead atoms. The normalized spacial score (nSPS) is 11.8. The van der Waals surface area contributed by atoms with E-state index in [1.807, 2.05) is 26.0 Å². The number of anilines is 1. The number of carboxylic acids is 1. The van der Waals surface area contributed by atoms with Gasteiger partial charge in [0.05, 0.1) is 0 Å². The van der Waals surface area contributed by atoms with Crippen molar-refractivity contribution in [2.75, 3.05) is 11.9 Å². The molecule has 1 atom stereocenters. The first-order valence-electron chi connectivity index (χ1n) is 5.81. The Bertz CT molecular complexity index is 480. The van der Waals surface area contributed by atoms with Crippen LogP contribution in [0, 0.1) is 13.8 Å². The maximum atomic E-state index is 11.0. The summed E-state index contributed by atoms with van der Waals surface area (Å²) in [5.74, 6) is -1.42. The fourth-order valence-corrected chi connectivity index (χ4v) is 2.53. The second kappa shape index (κ2) is 6.56. The lowest BCUT2D eigenvalue weighted by molar-refractivity contribution is -0.141. The summed E-state index contributed by atoms with van der Waals surface area (Å²) >= 11 is 3.40. The van der Waals surface area contributed by atoms with Crippen molar-refractivity contribution in [2.24, 2.45) is 0 Å². The molecule has 0 heterocycles. The topological polar surface area (TPSA) is 78.4 Å². The summed E-state index contributed by atoms with van der Waals surface area (Å²) in [6, 6.07) is 2.95.